The first-order chi connectivity index (χ1) is 13.1. The van der Waals surface area contributed by atoms with Crippen molar-refractivity contribution in [1.82, 2.24) is 10.2 Å². The molecular formula is C21H27BrN2O4. The highest BCUT2D eigenvalue weighted by Crippen LogP contribution is 2.43. The fourth-order valence-corrected chi connectivity index (χ4v) is 4.32. The predicted molar refractivity (Wildman–Crippen MR) is 108 cm³/mol. The maximum absolute atomic E-state index is 12.9. The highest BCUT2D eigenvalue weighted by Gasteiger charge is 2.53. The lowest BCUT2D eigenvalue weighted by Crippen LogP contribution is -2.50. The number of ether oxygens (including phenoxy) is 1. The average Bonchev–Trinajstić information content (AvgIpc) is 2.85. The number of nitrogens with zero attached hydrogens (tertiary/aromatic N) is 1. The Bertz CT molecular complexity index is 762. The fraction of sp³-hybridized carbons (Fsp3) is 0.571. The van der Waals surface area contributed by atoms with Crippen LogP contribution in [0.1, 0.15) is 52.0 Å². The van der Waals surface area contributed by atoms with Gasteiger partial charge in [-0.25, -0.2) is 4.79 Å². The molecule has 1 spiro atoms. The van der Waals surface area contributed by atoms with Crippen molar-refractivity contribution in [3.05, 3.63) is 34.3 Å². The molecule has 2 fully saturated rings. The molecule has 1 aliphatic carbocycles. The zero-order valence-electron chi connectivity index (χ0n) is 16.6. The third-order valence-corrected chi connectivity index (χ3v) is 6.44. The summed E-state index contributed by atoms with van der Waals surface area (Å²) >= 11 is 3.35. The molecule has 1 heterocycles. The Morgan fingerprint density at radius 1 is 1.21 bits per heavy atom. The van der Waals surface area contributed by atoms with Gasteiger partial charge in [0.2, 0.25) is 0 Å². The Kier molecular flexibility index (Phi) is 5.84. The number of amides is 3. The molecule has 2 aliphatic rings. The number of benzene rings is 1. The molecule has 1 saturated carbocycles. The molecule has 3 rings (SSSR count). The molecule has 1 N–H and O–H groups in total. The van der Waals surface area contributed by atoms with Gasteiger partial charge in [0.25, 0.3) is 5.91 Å². The lowest BCUT2D eigenvalue weighted by Gasteiger charge is -2.40. The van der Waals surface area contributed by atoms with E-state index in [0.717, 1.165) is 27.8 Å². The van der Waals surface area contributed by atoms with Crippen molar-refractivity contribution in [3.63, 3.8) is 0 Å². The highest BCUT2D eigenvalue weighted by atomic mass is 79.9. The van der Waals surface area contributed by atoms with Gasteiger partial charge in [-0.3, -0.25) is 14.5 Å². The minimum Gasteiger partial charge on any atom is -0.459 e. The number of rotatable bonds is 4. The molecule has 152 valence electrons. The van der Waals surface area contributed by atoms with Crippen LogP contribution in [0.3, 0.4) is 0 Å². The van der Waals surface area contributed by atoms with E-state index in [1.807, 2.05) is 24.3 Å². The van der Waals surface area contributed by atoms with Crippen LogP contribution in [0.2, 0.25) is 0 Å². The summed E-state index contributed by atoms with van der Waals surface area (Å²) in [7, 11) is 0. The van der Waals surface area contributed by atoms with Crippen LogP contribution in [0, 0.1) is 11.3 Å². The second-order valence-electron chi connectivity index (χ2n) is 8.83. The average molecular weight is 451 g/mol. The molecule has 0 bridgehead atoms. The van der Waals surface area contributed by atoms with Gasteiger partial charge in [-0.05, 0) is 54.7 Å². The van der Waals surface area contributed by atoms with E-state index in [9.17, 15) is 14.4 Å². The molecule has 1 aromatic rings. The van der Waals surface area contributed by atoms with Crippen LogP contribution in [-0.4, -0.2) is 34.9 Å². The van der Waals surface area contributed by atoms with E-state index < -0.39 is 17.5 Å². The van der Waals surface area contributed by atoms with Crippen LogP contribution in [0.15, 0.2) is 28.7 Å². The van der Waals surface area contributed by atoms with Crippen LogP contribution in [0.25, 0.3) is 0 Å². The van der Waals surface area contributed by atoms with Gasteiger partial charge in [-0.2, -0.15) is 0 Å². The third kappa shape index (κ3) is 4.40. The van der Waals surface area contributed by atoms with Gasteiger partial charge < -0.3 is 10.1 Å². The minimum absolute atomic E-state index is 0.105. The van der Waals surface area contributed by atoms with E-state index in [0.29, 0.717) is 18.8 Å². The Labute approximate surface area is 174 Å². The van der Waals surface area contributed by atoms with Crippen LogP contribution in [0.4, 0.5) is 4.79 Å². The lowest BCUT2D eigenvalue weighted by molar-refractivity contribution is -0.149. The monoisotopic (exact) mass is 450 g/mol. The summed E-state index contributed by atoms with van der Waals surface area (Å²) in [4.78, 5) is 38.5. The van der Waals surface area contributed by atoms with Gasteiger partial charge in [-0.1, -0.05) is 48.8 Å². The minimum atomic E-state index is -0.856. The van der Waals surface area contributed by atoms with Gasteiger partial charge in [0.05, 0.1) is 0 Å². The summed E-state index contributed by atoms with van der Waals surface area (Å²) in [5, 5.41) is 2.85. The van der Waals surface area contributed by atoms with E-state index in [1.165, 1.54) is 0 Å². The number of halogens is 1. The molecule has 0 radical (unpaired) electrons. The van der Waals surface area contributed by atoms with E-state index in [-0.39, 0.29) is 24.5 Å². The Balaban J connectivity index is 1.56. The number of nitrogens with one attached hydrogen (secondary N) is 1. The molecule has 0 aromatic heterocycles. The topological polar surface area (TPSA) is 75.7 Å². The zero-order chi connectivity index (χ0) is 20.5. The quantitative estimate of drug-likeness (QED) is 0.554. The molecule has 28 heavy (non-hydrogen) atoms. The molecule has 0 unspecified atom stereocenters. The first-order valence-corrected chi connectivity index (χ1v) is 10.4. The summed E-state index contributed by atoms with van der Waals surface area (Å²) in [5.74, 6) is -0.370. The number of imide groups is 1. The summed E-state index contributed by atoms with van der Waals surface area (Å²) in [6.45, 7) is 6.37. The van der Waals surface area contributed by atoms with Gasteiger partial charge >= 0.3 is 12.0 Å². The summed E-state index contributed by atoms with van der Waals surface area (Å²) in [6, 6.07) is 6.90. The molecule has 6 nitrogen and oxygen atoms in total. The molecule has 1 aromatic carbocycles. The largest absolute Gasteiger partial charge is 0.459 e. The van der Waals surface area contributed by atoms with Crippen molar-refractivity contribution in [2.45, 2.75) is 58.6 Å². The van der Waals surface area contributed by atoms with Crippen molar-refractivity contribution < 1.29 is 19.1 Å². The van der Waals surface area contributed by atoms with Gasteiger partial charge in [0, 0.05) is 4.47 Å². The van der Waals surface area contributed by atoms with Crippen molar-refractivity contribution in [2.75, 3.05) is 6.54 Å². The first kappa shape index (κ1) is 20.8. The number of urea groups is 1. The van der Waals surface area contributed by atoms with Crippen molar-refractivity contribution in [2.24, 2.45) is 11.3 Å². The number of hydrogen-bond acceptors (Lipinski definition) is 4. The van der Waals surface area contributed by atoms with E-state index in [4.69, 9.17) is 4.74 Å². The van der Waals surface area contributed by atoms with Crippen molar-refractivity contribution in [1.29, 1.82) is 0 Å². The van der Waals surface area contributed by atoms with Gasteiger partial charge in [0.15, 0.2) is 0 Å². The number of carbonyl (C=O) groups excluding carboxylic acids is 3. The smallest absolute Gasteiger partial charge is 0.326 e. The van der Waals surface area contributed by atoms with E-state index in [1.54, 1.807) is 0 Å². The molecule has 3 amide bonds. The summed E-state index contributed by atoms with van der Waals surface area (Å²) in [6.07, 6.45) is 3.00. The molecule has 7 heteroatoms. The van der Waals surface area contributed by atoms with Crippen LogP contribution < -0.4 is 5.32 Å². The van der Waals surface area contributed by atoms with Crippen molar-refractivity contribution in [3.8, 4) is 0 Å². The SMILES string of the molecule is CC(C)(C)C1CCC2(CC1)NC(=O)N(CC(=O)OCc1ccc(Br)cc1)C2=O. The maximum Gasteiger partial charge on any atom is 0.326 e. The Hall–Kier alpha value is -1.89. The Morgan fingerprint density at radius 3 is 2.39 bits per heavy atom. The Morgan fingerprint density at radius 2 is 1.82 bits per heavy atom. The maximum atomic E-state index is 12.9. The second-order valence-corrected chi connectivity index (χ2v) is 9.75. The van der Waals surface area contributed by atoms with Gasteiger partial charge in [-0.15, -0.1) is 0 Å². The fourth-order valence-electron chi connectivity index (χ4n) is 4.05. The van der Waals surface area contributed by atoms with Crippen LogP contribution in [-0.2, 0) is 20.9 Å². The number of carbonyl (C=O) groups is 3. The highest BCUT2D eigenvalue weighted by molar-refractivity contribution is 9.10. The first-order valence-electron chi connectivity index (χ1n) is 9.65. The third-order valence-electron chi connectivity index (χ3n) is 5.91. The standard InChI is InChI=1S/C21H27BrN2O4/c1-20(2,3)15-8-10-21(11-9-15)18(26)24(19(27)23-21)12-17(25)28-13-14-4-6-16(22)7-5-14/h4-7,15H,8-13H2,1-3H3,(H,23,27). The molecule has 1 saturated heterocycles. The summed E-state index contributed by atoms with van der Waals surface area (Å²) in [5.41, 5.74) is 0.167. The molecule has 0 atom stereocenters. The predicted octanol–water partition coefficient (Wildman–Crippen LogP) is 4.02. The number of hydrogen-bond donors (Lipinski definition) is 1. The normalized spacial score (nSPS) is 25.1. The van der Waals surface area contributed by atoms with Crippen molar-refractivity contribution >= 4 is 33.8 Å². The van der Waals surface area contributed by atoms with E-state index >= 15 is 0 Å². The van der Waals surface area contributed by atoms with Gasteiger partial charge in [0.1, 0.15) is 18.7 Å². The summed E-state index contributed by atoms with van der Waals surface area (Å²) < 4.78 is 6.17. The molecule has 1 aliphatic heterocycles. The van der Waals surface area contributed by atoms with E-state index in [2.05, 4.69) is 42.0 Å². The second kappa shape index (κ2) is 7.85. The zero-order valence-corrected chi connectivity index (χ0v) is 18.2. The lowest BCUT2D eigenvalue weighted by atomic mass is 9.67. The molecular weight excluding hydrogens is 424 g/mol. The number of esters is 1. The van der Waals surface area contributed by atoms with Crippen LogP contribution in [0.5, 0.6) is 0 Å². The van der Waals surface area contributed by atoms with Crippen LogP contribution >= 0.6 is 15.9 Å².